The summed E-state index contributed by atoms with van der Waals surface area (Å²) in [7, 11) is -4.36. The Bertz CT molecular complexity index is 2300. The minimum atomic E-state index is -4.36. The molecule has 4 aromatic carbocycles. The van der Waals surface area contributed by atoms with E-state index in [0.29, 0.717) is 16.7 Å². The smallest absolute Gasteiger partial charge is 0.259 e. The van der Waals surface area contributed by atoms with Crippen LogP contribution in [0.5, 0.6) is 0 Å². The number of hydrogen-bond acceptors (Lipinski definition) is 6. The summed E-state index contributed by atoms with van der Waals surface area (Å²) >= 11 is 0. The molecule has 0 spiro atoms. The quantitative estimate of drug-likeness (QED) is 0.149. The van der Waals surface area contributed by atoms with Crippen molar-refractivity contribution in [3.8, 4) is 0 Å². The van der Waals surface area contributed by atoms with E-state index in [4.69, 9.17) is 9.97 Å². The number of para-hydroxylation sites is 2. The molecule has 250 valence electrons. The number of benzene rings is 4. The number of aromatic nitrogens is 3. The first kappa shape index (κ1) is 32.9. The van der Waals surface area contributed by atoms with Crippen LogP contribution in [0.15, 0.2) is 131 Å². The van der Waals surface area contributed by atoms with Crippen molar-refractivity contribution in [1.29, 1.82) is 0 Å². The maximum Gasteiger partial charge on any atom is 0.259 e. The van der Waals surface area contributed by atoms with E-state index in [1.54, 1.807) is 47.1 Å². The molecule has 0 N–H and O–H groups in total. The van der Waals surface area contributed by atoms with E-state index in [1.807, 2.05) is 85.8 Å². The number of imide groups is 1. The fourth-order valence-electron chi connectivity index (χ4n) is 6.53. The Kier molecular flexibility index (Phi) is 9.23. The highest BCUT2D eigenvalue weighted by Gasteiger charge is 2.39. The molecule has 50 heavy (non-hydrogen) atoms. The van der Waals surface area contributed by atoms with Gasteiger partial charge < -0.3 is 4.57 Å². The number of nitrogens with zero attached hydrogens (tertiary/aromatic N) is 4. The maximum atomic E-state index is 15.0. The molecule has 2 heterocycles. The molecule has 1 aliphatic carbocycles. The first-order valence-electron chi connectivity index (χ1n) is 16.8. The lowest BCUT2D eigenvalue weighted by Gasteiger charge is -2.29. The van der Waals surface area contributed by atoms with Crippen LogP contribution in [-0.4, -0.2) is 34.8 Å². The SMILES string of the molecule is Cc1ccc(S(=O)(=O)c2c(N(C(=O)C=Cc3ccccc3)C(=O)C=Cc3ccccc3)n(C3CCCCC3)c3nc4ccccc4nc23)cc1. The number of amides is 2. The number of rotatable bonds is 8. The molecule has 2 amide bonds. The molecule has 1 saturated carbocycles. The second-order valence-electron chi connectivity index (χ2n) is 12.5. The van der Waals surface area contributed by atoms with Crippen LogP contribution in [-0.2, 0) is 19.4 Å². The summed E-state index contributed by atoms with van der Waals surface area (Å²) in [5.41, 5.74) is 3.92. The van der Waals surface area contributed by atoms with Crippen LogP contribution in [0.4, 0.5) is 5.82 Å². The van der Waals surface area contributed by atoms with Gasteiger partial charge in [0.15, 0.2) is 5.65 Å². The minimum absolute atomic E-state index is 0.0292. The molecule has 0 aliphatic heterocycles. The van der Waals surface area contributed by atoms with Gasteiger partial charge >= 0.3 is 0 Å². The zero-order valence-corrected chi connectivity index (χ0v) is 28.5. The monoisotopic (exact) mass is 680 g/mol. The molecule has 6 aromatic rings. The van der Waals surface area contributed by atoms with Crippen molar-refractivity contribution in [2.24, 2.45) is 0 Å². The average Bonchev–Trinajstić information content (AvgIpc) is 3.47. The van der Waals surface area contributed by atoms with Crippen LogP contribution < -0.4 is 4.90 Å². The molecule has 8 nitrogen and oxygen atoms in total. The summed E-state index contributed by atoms with van der Waals surface area (Å²) in [6.45, 7) is 1.88. The highest BCUT2D eigenvalue weighted by Crippen LogP contribution is 2.44. The number of sulfone groups is 1. The number of fused-ring (bicyclic) bond motifs is 2. The van der Waals surface area contributed by atoms with Gasteiger partial charge in [-0.05, 0) is 67.3 Å². The Morgan fingerprint density at radius 1 is 0.700 bits per heavy atom. The summed E-state index contributed by atoms with van der Waals surface area (Å²) in [4.78, 5) is 39.7. The summed E-state index contributed by atoms with van der Waals surface area (Å²) < 4.78 is 31.7. The largest absolute Gasteiger partial charge is 0.306 e. The molecule has 0 unspecified atom stereocenters. The van der Waals surface area contributed by atoms with Gasteiger partial charge in [0.05, 0.1) is 15.9 Å². The van der Waals surface area contributed by atoms with Crippen molar-refractivity contribution < 1.29 is 18.0 Å². The van der Waals surface area contributed by atoms with Crippen molar-refractivity contribution in [2.75, 3.05) is 4.90 Å². The fraction of sp³-hybridized carbons (Fsp3) is 0.171. The lowest BCUT2D eigenvalue weighted by Crippen LogP contribution is -2.38. The van der Waals surface area contributed by atoms with E-state index < -0.39 is 21.7 Å². The molecule has 0 atom stereocenters. The Morgan fingerprint density at radius 2 is 1.22 bits per heavy atom. The van der Waals surface area contributed by atoms with Gasteiger partial charge in [0, 0.05) is 18.2 Å². The molecule has 0 saturated heterocycles. The average molecular weight is 681 g/mol. The van der Waals surface area contributed by atoms with Crippen LogP contribution in [0.1, 0.15) is 54.8 Å². The third kappa shape index (κ3) is 6.52. The molecule has 9 heteroatoms. The zero-order chi connectivity index (χ0) is 34.7. The van der Waals surface area contributed by atoms with Gasteiger partial charge in [0.1, 0.15) is 16.2 Å². The van der Waals surface area contributed by atoms with Crippen LogP contribution in [0.25, 0.3) is 34.3 Å². The van der Waals surface area contributed by atoms with Gasteiger partial charge in [-0.25, -0.2) is 23.3 Å². The molecular formula is C41H36N4O4S. The Labute approximate surface area is 291 Å². The van der Waals surface area contributed by atoms with Crippen molar-refractivity contribution in [2.45, 2.75) is 54.9 Å². The predicted octanol–water partition coefficient (Wildman–Crippen LogP) is 8.52. The van der Waals surface area contributed by atoms with Crippen molar-refractivity contribution in [3.05, 3.63) is 138 Å². The standard InChI is InChI=1S/C41H36N4O4S/c1-29-21-25-33(26-22-29)50(48,49)39-38-40(43-35-20-12-11-19-34(35)42-38)44(32-17-9-4-10-18-32)41(39)45(36(46)27-23-30-13-5-2-6-14-30)37(47)28-24-31-15-7-3-8-16-31/h2-3,5-8,11-16,19-28,32H,4,9-10,17-18H2,1H3. The fourth-order valence-corrected chi connectivity index (χ4v) is 8.09. The van der Waals surface area contributed by atoms with Gasteiger partial charge in [-0.2, -0.15) is 0 Å². The van der Waals surface area contributed by atoms with Crippen molar-refractivity contribution >= 4 is 61.8 Å². The lowest BCUT2D eigenvalue weighted by molar-refractivity contribution is -0.121. The van der Waals surface area contributed by atoms with E-state index in [-0.39, 0.29) is 27.2 Å². The summed E-state index contributed by atoms with van der Waals surface area (Å²) in [5, 5.41) is 0. The van der Waals surface area contributed by atoms with Crippen molar-refractivity contribution in [3.63, 3.8) is 0 Å². The summed E-state index contributed by atoms with van der Waals surface area (Å²) in [5.74, 6) is -1.43. The summed E-state index contributed by atoms with van der Waals surface area (Å²) in [6, 6.07) is 32.1. The topological polar surface area (TPSA) is 102 Å². The van der Waals surface area contributed by atoms with Gasteiger partial charge in [-0.1, -0.05) is 110 Å². The van der Waals surface area contributed by atoms with E-state index in [1.165, 1.54) is 12.2 Å². The van der Waals surface area contributed by atoms with E-state index in [0.717, 1.165) is 53.7 Å². The van der Waals surface area contributed by atoms with Gasteiger partial charge in [0.2, 0.25) is 9.84 Å². The normalized spacial score (nSPS) is 14.2. The molecule has 1 aliphatic rings. The van der Waals surface area contributed by atoms with Crippen LogP contribution in [0, 0.1) is 6.92 Å². The highest BCUT2D eigenvalue weighted by molar-refractivity contribution is 7.92. The third-order valence-electron chi connectivity index (χ3n) is 9.05. The minimum Gasteiger partial charge on any atom is -0.306 e. The number of carbonyl (C=O) groups excluding carboxylic acids is 2. The number of carbonyl (C=O) groups is 2. The molecule has 7 rings (SSSR count). The van der Waals surface area contributed by atoms with Gasteiger partial charge in [-0.3, -0.25) is 9.59 Å². The Hall–Kier alpha value is -5.67. The molecule has 1 fully saturated rings. The number of aryl methyl sites for hydroxylation is 1. The number of anilines is 1. The molecular weight excluding hydrogens is 645 g/mol. The first-order valence-corrected chi connectivity index (χ1v) is 18.3. The maximum absolute atomic E-state index is 15.0. The predicted molar refractivity (Wildman–Crippen MR) is 197 cm³/mol. The molecule has 0 bridgehead atoms. The Morgan fingerprint density at radius 3 is 1.78 bits per heavy atom. The summed E-state index contributed by atoms with van der Waals surface area (Å²) in [6.07, 6.45) is 10.2. The first-order chi connectivity index (χ1) is 24.3. The second-order valence-corrected chi connectivity index (χ2v) is 14.4. The molecule has 0 radical (unpaired) electrons. The lowest BCUT2D eigenvalue weighted by atomic mass is 9.95. The van der Waals surface area contributed by atoms with Crippen molar-refractivity contribution in [1.82, 2.24) is 14.5 Å². The van der Waals surface area contributed by atoms with E-state index >= 15 is 0 Å². The van der Waals surface area contributed by atoms with Crippen LogP contribution >= 0.6 is 0 Å². The van der Waals surface area contributed by atoms with E-state index in [2.05, 4.69) is 0 Å². The second kappa shape index (κ2) is 14.1. The zero-order valence-electron chi connectivity index (χ0n) is 27.6. The van der Waals surface area contributed by atoms with Crippen LogP contribution in [0.3, 0.4) is 0 Å². The Balaban J connectivity index is 1.55. The van der Waals surface area contributed by atoms with E-state index in [9.17, 15) is 18.0 Å². The highest BCUT2D eigenvalue weighted by atomic mass is 32.2. The number of hydrogen-bond donors (Lipinski definition) is 0. The van der Waals surface area contributed by atoms with Crippen LogP contribution in [0.2, 0.25) is 0 Å². The van der Waals surface area contributed by atoms with Gasteiger partial charge in [0.25, 0.3) is 11.8 Å². The van der Waals surface area contributed by atoms with Gasteiger partial charge in [-0.15, -0.1) is 0 Å². The molecule has 2 aromatic heterocycles. The third-order valence-corrected chi connectivity index (χ3v) is 10.9.